The van der Waals surface area contributed by atoms with Crippen LogP contribution in [0.2, 0.25) is 0 Å². The number of rotatable bonds is 9. The quantitative estimate of drug-likeness (QED) is 0.478. The van der Waals surface area contributed by atoms with E-state index in [-0.39, 0.29) is 5.56 Å². The second-order valence-electron chi connectivity index (χ2n) is 7.27. The van der Waals surface area contributed by atoms with Crippen LogP contribution < -0.4 is 25.1 Å². The van der Waals surface area contributed by atoms with Crippen molar-refractivity contribution in [2.24, 2.45) is 0 Å². The number of pyridine rings is 1. The Hall–Kier alpha value is -3.26. The lowest BCUT2D eigenvalue weighted by Gasteiger charge is -2.26. The van der Waals surface area contributed by atoms with Crippen molar-refractivity contribution < 1.29 is 14.2 Å². The topological polar surface area (TPSA) is 75.8 Å². The van der Waals surface area contributed by atoms with Crippen molar-refractivity contribution in [2.45, 2.75) is 19.9 Å². The lowest BCUT2D eigenvalue weighted by Crippen LogP contribution is -2.41. The number of nitrogens with zero attached hydrogens (tertiary/aromatic N) is 1. The Morgan fingerprint density at radius 1 is 1.03 bits per heavy atom. The molecule has 3 aromatic rings. The Bertz CT molecular complexity index is 1150. The molecule has 0 unspecified atom stereocenters. The predicted octanol–water partition coefficient (Wildman–Crippen LogP) is 3.49. The van der Waals surface area contributed by atoms with Crippen LogP contribution in [0.15, 0.2) is 47.3 Å². The van der Waals surface area contributed by atoms with Crippen molar-refractivity contribution in [3.63, 3.8) is 0 Å². The number of aromatic amines is 1. The van der Waals surface area contributed by atoms with Gasteiger partial charge in [-0.1, -0.05) is 6.07 Å². The highest BCUT2D eigenvalue weighted by Crippen LogP contribution is 2.28. The van der Waals surface area contributed by atoms with Crippen molar-refractivity contribution >= 4 is 28.2 Å². The molecule has 170 valence electrons. The van der Waals surface area contributed by atoms with Crippen molar-refractivity contribution in [3.8, 4) is 17.2 Å². The molecule has 2 aromatic carbocycles. The van der Waals surface area contributed by atoms with Crippen LogP contribution in [0.3, 0.4) is 0 Å². The number of H-pyrrole nitrogens is 1. The van der Waals surface area contributed by atoms with Gasteiger partial charge in [0, 0.05) is 24.7 Å². The average Bonchev–Trinajstić information content (AvgIpc) is 2.81. The Kier molecular flexibility index (Phi) is 7.94. The molecule has 7 nitrogen and oxygen atoms in total. The lowest BCUT2D eigenvalue weighted by molar-refractivity contribution is 0.354. The van der Waals surface area contributed by atoms with E-state index >= 15 is 0 Å². The van der Waals surface area contributed by atoms with Crippen LogP contribution in [-0.2, 0) is 13.0 Å². The number of aromatic nitrogens is 1. The highest BCUT2D eigenvalue weighted by Gasteiger charge is 2.14. The molecule has 1 heterocycles. The molecule has 0 amide bonds. The minimum atomic E-state index is -0.138. The van der Waals surface area contributed by atoms with Gasteiger partial charge >= 0.3 is 0 Å². The van der Waals surface area contributed by atoms with E-state index in [1.807, 2.05) is 54.3 Å². The zero-order chi connectivity index (χ0) is 23.1. The zero-order valence-electron chi connectivity index (χ0n) is 18.9. The van der Waals surface area contributed by atoms with Crippen LogP contribution in [0.4, 0.5) is 0 Å². The third kappa shape index (κ3) is 5.50. The maximum Gasteiger partial charge on any atom is 0.253 e. The van der Waals surface area contributed by atoms with Gasteiger partial charge in [0.25, 0.3) is 5.56 Å². The van der Waals surface area contributed by atoms with E-state index in [9.17, 15) is 4.79 Å². The maximum atomic E-state index is 12.8. The Balaban J connectivity index is 1.82. The van der Waals surface area contributed by atoms with Gasteiger partial charge in [0.15, 0.2) is 16.6 Å². The molecule has 0 radical (unpaired) electrons. The second-order valence-corrected chi connectivity index (χ2v) is 7.66. The Morgan fingerprint density at radius 3 is 2.50 bits per heavy atom. The molecule has 0 atom stereocenters. The molecular weight excluding hydrogens is 426 g/mol. The van der Waals surface area contributed by atoms with Crippen molar-refractivity contribution in [2.75, 3.05) is 34.4 Å². The summed E-state index contributed by atoms with van der Waals surface area (Å²) in [5, 5.41) is 4.75. The van der Waals surface area contributed by atoms with E-state index in [1.165, 1.54) is 0 Å². The first-order valence-corrected chi connectivity index (χ1v) is 10.8. The molecule has 0 saturated heterocycles. The first kappa shape index (κ1) is 23.4. The molecule has 1 aromatic heterocycles. The van der Waals surface area contributed by atoms with E-state index in [4.69, 9.17) is 26.4 Å². The number of hydrogen-bond donors (Lipinski definition) is 2. The molecule has 0 aliphatic carbocycles. The third-order valence-corrected chi connectivity index (χ3v) is 5.63. The lowest BCUT2D eigenvalue weighted by atomic mass is 10.1. The van der Waals surface area contributed by atoms with E-state index in [0.29, 0.717) is 47.6 Å². The molecule has 0 bridgehead atoms. The van der Waals surface area contributed by atoms with Gasteiger partial charge in [-0.15, -0.1) is 0 Å². The largest absolute Gasteiger partial charge is 0.497 e. The molecule has 8 heteroatoms. The highest BCUT2D eigenvalue weighted by atomic mass is 32.1. The van der Waals surface area contributed by atoms with E-state index in [1.54, 1.807) is 21.3 Å². The summed E-state index contributed by atoms with van der Waals surface area (Å²) in [5.41, 5.74) is 2.34. The van der Waals surface area contributed by atoms with Crippen LogP contribution in [-0.4, -0.2) is 49.4 Å². The van der Waals surface area contributed by atoms with Gasteiger partial charge in [0.2, 0.25) is 0 Å². The standard InChI is InChI=1S/C24H29N3O4S/c1-5-25-24(32)27(11-10-16-6-9-21(30-3)22(12-16)31-4)15-18-13-17-7-8-19(29-2)14-20(17)26-23(18)28/h6-9,12-14H,5,10-11,15H2,1-4H3,(H,25,32)(H,26,28). The zero-order valence-corrected chi connectivity index (χ0v) is 19.7. The Labute approximate surface area is 193 Å². The average molecular weight is 456 g/mol. The van der Waals surface area contributed by atoms with E-state index < -0.39 is 0 Å². The van der Waals surface area contributed by atoms with E-state index in [0.717, 1.165) is 22.9 Å². The van der Waals surface area contributed by atoms with E-state index in [2.05, 4.69) is 10.3 Å². The van der Waals surface area contributed by atoms with Gasteiger partial charge in [-0.25, -0.2) is 0 Å². The normalized spacial score (nSPS) is 10.6. The third-order valence-electron chi connectivity index (χ3n) is 5.22. The predicted molar refractivity (Wildman–Crippen MR) is 131 cm³/mol. The number of benzene rings is 2. The fourth-order valence-electron chi connectivity index (χ4n) is 3.49. The number of hydrogen-bond acceptors (Lipinski definition) is 5. The number of fused-ring (bicyclic) bond motifs is 1. The summed E-state index contributed by atoms with van der Waals surface area (Å²) in [7, 11) is 4.84. The van der Waals surface area contributed by atoms with Gasteiger partial charge < -0.3 is 29.4 Å². The minimum Gasteiger partial charge on any atom is -0.497 e. The molecule has 0 aliphatic rings. The van der Waals surface area contributed by atoms with Gasteiger partial charge in [-0.2, -0.15) is 0 Å². The SMILES string of the molecule is CCNC(=S)N(CCc1ccc(OC)c(OC)c1)Cc1cc2ccc(OC)cc2[nH]c1=O. The molecule has 32 heavy (non-hydrogen) atoms. The second kappa shape index (κ2) is 10.9. The highest BCUT2D eigenvalue weighted by molar-refractivity contribution is 7.80. The van der Waals surface area contributed by atoms with Crippen LogP contribution >= 0.6 is 12.2 Å². The van der Waals surface area contributed by atoms with Crippen LogP contribution in [0.1, 0.15) is 18.1 Å². The first-order valence-electron chi connectivity index (χ1n) is 10.4. The van der Waals surface area contributed by atoms with Gasteiger partial charge in [-0.3, -0.25) is 4.79 Å². The summed E-state index contributed by atoms with van der Waals surface area (Å²) in [6.45, 7) is 3.74. The molecule has 0 fully saturated rings. The first-order chi connectivity index (χ1) is 15.5. The summed E-state index contributed by atoms with van der Waals surface area (Å²) in [6.07, 6.45) is 0.731. The van der Waals surface area contributed by atoms with Gasteiger partial charge in [0.05, 0.1) is 33.4 Å². The molecule has 3 rings (SSSR count). The van der Waals surface area contributed by atoms with Crippen molar-refractivity contribution in [1.29, 1.82) is 0 Å². The number of nitrogens with one attached hydrogen (secondary N) is 2. The summed E-state index contributed by atoms with van der Waals surface area (Å²) in [6, 6.07) is 13.4. The molecule has 0 aliphatic heterocycles. The van der Waals surface area contributed by atoms with Crippen LogP contribution in [0.25, 0.3) is 10.9 Å². The van der Waals surface area contributed by atoms with Crippen molar-refractivity contribution in [3.05, 3.63) is 63.9 Å². The number of methoxy groups -OCH3 is 3. The van der Waals surface area contributed by atoms with Crippen molar-refractivity contribution in [1.82, 2.24) is 15.2 Å². The number of thiocarbonyl (C=S) groups is 1. The summed E-state index contributed by atoms with van der Waals surface area (Å²) in [5.74, 6) is 2.08. The molecular formula is C24H29N3O4S. The minimum absolute atomic E-state index is 0.138. The monoisotopic (exact) mass is 455 g/mol. The summed E-state index contributed by atoms with van der Waals surface area (Å²) < 4.78 is 16.0. The number of ether oxygens (including phenoxy) is 3. The molecule has 2 N–H and O–H groups in total. The summed E-state index contributed by atoms with van der Waals surface area (Å²) in [4.78, 5) is 17.7. The summed E-state index contributed by atoms with van der Waals surface area (Å²) >= 11 is 5.59. The maximum absolute atomic E-state index is 12.8. The molecule has 0 spiro atoms. The van der Waals surface area contributed by atoms with Gasteiger partial charge in [-0.05, 0) is 66.8 Å². The fourth-order valence-corrected chi connectivity index (χ4v) is 3.79. The smallest absolute Gasteiger partial charge is 0.253 e. The molecule has 0 saturated carbocycles. The Morgan fingerprint density at radius 2 is 1.81 bits per heavy atom. The fraction of sp³-hybridized carbons (Fsp3) is 0.333. The van der Waals surface area contributed by atoms with Crippen LogP contribution in [0.5, 0.6) is 17.2 Å². The van der Waals surface area contributed by atoms with Gasteiger partial charge in [0.1, 0.15) is 5.75 Å². The van der Waals surface area contributed by atoms with Crippen LogP contribution in [0, 0.1) is 0 Å².